The number of pyridine rings is 1. The summed E-state index contributed by atoms with van der Waals surface area (Å²) in [6.45, 7) is -0.447. The van der Waals surface area contributed by atoms with Crippen molar-refractivity contribution < 1.29 is 31.1 Å². The summed E-state index contributed by atoms with van der Waals surface area (Å²) in [4.78, 5) is 25.0. The van der Waals surface area contributed by atoms with Crippen LogP contribution in [0.4, 0.5) is 38.0 Å². The van der Waals surface area contributed by atoms with Gasteiger partial charge in [-0.3, -0.25) is 4.79 Å². The number of nitrogen functional groups attached to an aromatic ring is 1. The summed E-state index contributed by atoms with van der Waals surface area (Å²) in [5.41, 5.74) is 4.12. The molecule has 0 radical (unpaired) electrons. The third-order valence-corrected chi connectivity index (χ3v) is 5.95. The number of aromatic nitrogens is 3. The molecule has 1 aliphatic rings. The van der Waals surface area contributed by atoms with Gasteiger partial charge in [-0.05, 0) is 30.3 Å². The van der Waals surface area contributed by atoms with Gasteiger partial charge in [0, 0.05) is 36.8 Å². The molecule has 0 unspecified atom stereocenters. The maximum Gasteiger partial charge on any atom is 0.418 e. The van der Waals surface area contributed by atoms with Crippen molar-refractivity contribution in [3.63, 3.8) is 0 Å². The van der Waals surface area contributed by atoms with Crippen LogP contribution in [0.1, 0.15) is 5.56 Å². The summed E-state index contributed by atoms with van der Waals surface area (Å²) in [6, 6.07) is 2.45. The molecule has 0 aliphatic carbocycles. The Kier molecular flexibility index (Phi) is 6.69. The van der Waals surface area contributed by atoms with Crippen molar-refractivity contribution >= 4 is 40.4 Å². The third kappa shape index (κ3) is 5.01. The van der Waals surface area contributed by atoms with E-state index in [4.69, 9.17) is 17.3 Å². The second kappa shape index (κ2) is 9.45. The van der Waals surface area contributed by atoms with Gasteiger partial charge >= 0.3 is 12.4 Å². The van der Waals surface area contributed by atoms with Crippen molar-refractivity contribution in [2.24, 2.45) is 0 Å². The minimum Gasteiger partial charge on any atom is -0.384 e. The largest absolute Gasteiger partial charge is 0.418 e. The van der Waals surface area contributed by atoms with Crippen LogP contribution in [0.2, 0.25) is 5.02 Å². The molecule has 0 bridgehead atoms. The zero-order valence-electron chi connectivity index (χ0n) is 18.2. The Morgan fingerprint density at radius 2 is 1.83 bits per heavy atom. The van der Waals surface area contributed by atoms with Crippen molar-refractivity contribution in [3.05, 3.63) is 53.5 Å². The SMILES string of the molecule is Nc1ccc(C(F)(F)F)c(-c2cc3ncnc(N4CCN(C=CC=O)[C@@H](C(F)(F)F)C4)c3cc2Cl)n1. The molecule has 1 aliphatic heterocycles. The Labute approximate surface area is 205 Å². The lowest BCUT2D eigenvalue weighted by Crippen LogP contribution is -2.57. The van der Waals surface area contributed by atoms with E-state index in [0.717, 1.165) is 35.6 Å². The zero-order chi connectivity index (χ0) is 26.3. The number of nitrogens with zero attached hydrogens (tertiary/aromatic N) is 5. The summed E-state index contributed by atoms with van der Waals surface area (Å²) in [5, 5.41) is 0.114. The molecule has 14 heteroatoms. The van der Waals surface area contributed by atoms with E-state index >= 15 is 0 Å². The number of allylic oxidation sites excluding steroid dienone is 1. The minimum absolute atomic E-state index is 0.0615. The van der Waals surface area contributed by atoms with Crippen molar-refractivity contribution in [2.45, 2.75) is 18.4 Å². The van der Waals surface area contributed by atoms with Crippen LogP contribution in [0.3, 0.4) is 0 Å². The number of fused-ring (bicyclic) bond motifs is 1. The molecule has 4 rings (SSSR count). The van der Waals surface area contributed by atoms with Gasteiger partial charge in [0.25, 0.3) is 0 Å². The number of nitrogens with two attached hydrogens (primary N) is 1. The average Bonchev–Trinajstić information content (AvgIpc) is 2.80. The first-order valence-corrected chi connectivity index (χ1v) is 10.8. The fraction of sp³-hybridized carbons (Fsp3) is 0.273. The van der Waals surface area contributed by atoms with E-state index in [1.165, 1.54) is 17.0 Å². The molecule has 7 nitrogen and oxygen atoms in total. The first kappa shape index (κ1) is 25.5. The number of hydrogen-bond acceptors (Lipinski definition) is 7. The van der Waals surface area contributed by atoms with E-state index in [1.54, 1.807) is 0 Å². The normalized spacial score (nSPS) is 17.2. The Balaban J connectivity index is 1.78. The number of alkyl halides is 6. The number of carbonyl (C=O) groups excluding carboxylic acids is 1. The van der Waals surface area contributed by atoms with Crippen molar-refractivity contribution in [3.8, 4) is 11.3 Å². The molecule has 3 heterocycles. The van der Waals surface area contributed by atoms with Gasteiger partial charge in [0.1, 0.15) is 30.3 Å². The first-order valence-electron chi connectivity index (χ1n) is 10.4. The van der Waals surface area contributed by atoms with Gasteiger partial charge in [-0.25, -0.2) is 15.0 Å². The predicted molar refractivity (Wildman–Crippen MR) is 121 cm³/mol. The first-order chi connectivity index (χ1) is 16.9. The molecule has 3 aromatic rings. The maximum atomic E-state index is 13.7. The lowest BCUT2D eigenvalue weighted by atomic mass is 10.0. The summed E-state index contributed by atoms with van der Waals surface area (Å²) < 4.78 is 82.0. The van der Waals surface area contributed by atoms with E-state index in [9.17, 15) is 31.1 Å². The molecule has 1 aromatic carbocycles. The molecule has 1 saturated heterocycles. The highest BCUT2D eigenvalue weighted by Gasteiger charge is 2.46. The van der Waals surface area contributed by atoms with E-state index in [1.807, 2.05) is 0 Å². The molecular weight excluding hydrogens is 514 g/mol. The molecule has 1 fully saturated rings. The highest BCUT2D eigenvalue weighted by Crippen LogP contribution is 2.41. The van der Waals surface area contributed by atoms with Gasteiger partial charge < -0.3 is 15.5 Å². The molecule has 0 amide bonds. The van der Waals surface area contributed by atoms with Crippen LogP contribution in [0.25, 0.3) is 22.2 Å². The van der Waals surface area contributed by atoms with Crippen LogP contribution in [0.15, 0.2) is 42.9 Å². The number of piperazine rings is 1. The van der Waals surface area contributed by atoms with Gasteiger partial charge in [0.15, 0.2) is 0 Å². The van der Waals surface area contributed by atoms with E-state index in [0.29, 0.717) is 6.29 Å². The topological polar surface area (TPSA) is 88.2 Å². The fourth-order valence-electron chi connectivity index (χ4n) is 4.01. The lowest BCUT2D eigenvalue weighted by Gasteiger charge is -2.42. The van der Waals surface area contributed by atoms with Crippen LogP contribution in [0, 0.1) is 0 Å². The van der Waals surface area contributed by atoms with E-state index in [2.05, 4.69) is 15.0 Å². The number of rotatable bonds is 4. The number of carbonyl (C=O) groups is 1. The summed E-state index contributed by atoms with van der Waals surface area (Å²) >= 11 is 6.35. The standard InChI is InChI=1S/C22H17ClF6N6O/c23-15-8-13-16(9-12(15)19-14(21(24,25)26)2-3-18(30)33-19)31-11-32-20(13)35-6-5-34(4-1-7-36)17(10-35)22(27,28)29/h1-4,7-9,11,17H,5-6,10H2,(H2,30,33)/t17-/m1/s1. The Bertz CT molecular complexity index is 1330. The Hall–Kier alpha value is -3.61. The highest BCUT2D eigenvalue weighted by molar-refractivity contribution is 6.34. The quantitative estimate of drug-likeness (QED) is 0.297. The third-order valence-electron chi connectivity index (χ3n) is 5.64. The van der Waals surface area contributed by atoms with Gasteiger partial charge in [-0.2, -0.15) is 26.3 Å². The Morgan fingerprint density at radius 1 is 1.08 bits per heavy atom. The zero-order valence-corrected chi connectivity index (χ0v) is 18.9. The Morgan fingerprint density at radius 3 is 2.50 bits per heavy atom. The van der Waals surface area contributed by atoms with Crippen molar-refractivity contribution in [1.29, 1.82) is 0 Å². The average molecular weight is 531 g/mol. The second-order valence-electron chi connectivity index (χ2n) is 7.90. The van der Waals surface area contributed by atoms with Crippen LogP contribution >= 0.6 is 11.6 Å². The molecule has 190 valence electrons. The van der Waals surface area contributed by atoms with Crippen LogP contribution in [0.5, 0.6) is 0 Å². The minimum atomic E-state index is -4.74. The maximum absolute atomic E-state index is 13.7. The fourth-order valence-corrected chi connectivity index (χ4v) is 4.26. The van der Waals surface area contributed by atoms with Crippen LogP contribution in [-0.4, -0.2) is 58.0 Å². The van der Waals surface area contributed by atoms with Gasteiger partial charge in [-0.15, -0.1) is 0 Å². The van der Waals surface area contributed by atoms with Gasteiger partial charge in [-0.1, -0.05) is 11.6 Å². The van der Waals surface area contributed by atoms with Crippen molar-refractivity contribution in [1.82, 2.24) is 19.9 Å². The van der Waals surface area contributed by atoms with Crippen LogP contribution in [-0.2, 0) is 11.0 Å². The lowest BCUT2D eigenvalue weighted by molar-refractivity contribution is -0.177. The smallest absolute Gasteiger partial charge is 0.384 e. The summed E-state index contributed by atoms with van der Waals surface area (Å²) in [5.74, 6) is -0.0180. The highest BCUT2D eigenvalue weighted by atomic mass is 35.5. The predicted octanol–water partition coefficient (Wildman–Crippen LogP) is 4.71. The number of benzene rings is 1. The molecule has 36 heavy (non-hydrogen) atoms. The number of halogens is 7. The summed E-state index contributed by atoms with van der Waals surface area (Å²) in [6.07, 6.45) is -5.79. The van der Waals surface area contributed by atoms with Gasteiger partial charge in [0.2, 0.25) is 0 Å². The summed E-state index contributed by atoms with van der Waals surface area (Å²) in [7, 11) is 0. The van der Waals surface area contributed by atoms with Crippen LogP contribution < -0.4 is 10.6 Å². The number of hydrogen-bond donors (Lipinski definition) is 1. The molecule has 0 saturated carbocycles. The monoisotopic (exact) mass is 530 g/mol. The second-order valence-corrected chi connectivity index (χ2v) is 8.30. The molecule has 2 N–H and O–H groups in total. The van der Waals surface area contributed by atoms with E-state index in [-0.39, 0.29) is 46.2 Å². The molecule has 2 aromatic heterocycles. The molecule has 1 atom stereocenters. The van der Waals surface area contributed by atoms with Crippen molar-refractivity contribution in [2.75, 3.05) is 30.3 Å². The molecular formula is C22H17ClF6N6O. The van der Waals surface area contributed by atoms with E-state index < -0.39 is 36.2 Å². The number of anilines is 2. The number of aldehydes is 1. The van der Waals surface area contributed by atoms with Gasteiger partial charge in [0.05, 0.1) is 21.8 Å². The molecule has 0 spiro atoms.